The monoisotopic (exact) mass is 252 g/mol. The molecule has 3 heteroatoms. The summed E-state index contributed by atoms with van der Waals surface area (Å²) in [6.45, 7) is 4.77. The van der Waals surface area contributed by atoms with Crippen LogP contribution in [0.5, 0.6) is 0 Å². The molecule has 0 aromatic carbocycles. The molecule has 0 radical (unpaired) electrons. The minimum absolute atomic E-state index is 0.294. The third-order valence-corrected chi connectivity index (χ3v) is 5.29. The van der Waals surface area contributed by atoms with Crippen LogP contribution in [0, 0.1) is 5.92 Å². The first kappa shape index (κ1) is 12.9. The number of nitrogens with zero attached hydrogens (tertiary/aromatic N) is 1. The van der Waals surface area contributed by atoms with E-state index < -0.39 is 0 Å². The second kappa shape index (κ2) is 5.48. The van der Waals surface area contributed by atoms with Gasteiger partial charge >= 0.3 is 0 Å². The summed E-state index contributed by atoms with van der Waals surface area (Å²) in [7, 11) is 2.24. The van der Waals surface area contributed by atoms with Gasteiger partial charge in [0.05, 0.1) is 5.60 Å². The number of hydrogen-bond donors (Lipinski definition) is 1. The lowest BCUT2D eigenvalue weighted by atomic mass is 9.74. The lowest BCUT2D eigenvalue weighted by molar-refractivity contribution is -0.135. The van der Waals surface area contributed by atoms with Gasteiger partial charge in [0, 0.05) is 12.6 Å². The van der Waals surface area contributed by atoms with E-state index in [9.17, 15) is 0 Å². The molecular formula is C15H28N2O. The van der Waals surface area contributed by atoms with Gasteiger partial charge in [0.25, 0.3) is 0 Å². The third kappa shape index (κ3) is 2.89. The Kier molecular flexibility index (Phi) is 3.92. The Bertz CT molecular complexity index is 270. The van der Waals surface area contributed by atoms with Gasteiger partial charge in [-0.2, -0.15) is 0 Å². The van der Waals surface area contributed by atoms with E-state index >= 15 is 0 Å². The highest BCUT2D eigenvalue weighted by Crippen LogP contribution is 2.42. The van der Waals surface area contributed by atoms with E-state index in [1.807, 2.05) is 0 Å². The van der Waals surface area contributed by atoms with Gasteiger partial charge in [0.1, 0.15) is 0 Å². The molecule has 0 aromatic heterocycles. The lowest BCUT2D eigenvalue weighted by Gasteiger charge is -2.47. The highest BCUT2D eigenvalue weighted by atomic mass is 16.5. The molecule has 1 unspecified atom stereocenters. The van der Waals surface area contributed by atoms with E-state index in [1.54, 1.807) is 0 Å². The Morgan fingerprint density at radius 3 is 2.67 bits per heavy atom. The number of rotatable bonds is 3. The van der Waals surface area contributed by atoms with Crippen LogP contribution < -0.4 is 5.32 Å². The average Bonchev–Trinajstić information content (AvgIpc) is 2.37. The summed E-state index contributed by atoms with van der Waals surface area (Å²) in [4.78, 5) is 2.45. The Morgan fingerprint density at radius 2 is 2.00 bits per heavy atom. The summed E-state index contributed by atoms with van der Waals surface area (Å²) in [5.41, 5.74) is 0.294. The summed E-state index contributed by atoms with van der Waals surface area (Å²) >= 11 is 0. The van der Waals surface area contributed by atoms with Gasteiger partial charge in [-0.25, -0.2) is 0 Å². The molecule has 1 N–H and O–H groups in total. The molecule has 2 saturated heterocycles. The summed E-state index contributed by atoms with van der Waals surface area (Å²) < 4.78 is 5.99. The van der Waals surface area contributed by atoms with Gasteiger partial charge < -0.3 is 15.0 Å². The lowest BCUT2D eigenvalue weighted by Crippen LogP contribution is -2.51. The fraction of sp³-hybridized carbons (Fsp3) is 1.00. The number of hydrogen-bond acceptors (Lipinski definition) is 3. The third-order valence-electron chi connectivity index (χ3n) is 5.29. The van der Waals surface area contributed by atoms with E-state index in [0.717, 1.165) is 18.6 Å². The molecule has 3 aliphatic rings. The van der Waals surface area contributed by atoms with Gasteiger partial charge in [-0.05, 0) is 77.5 Å². The van der Waals surface area contributed by atoms with Crippen LogP contribution in [0.2, 0.25) is 0 Å². The Balaban J connectivity index is 1.40. The van der Waals surface area contributed by atoms with Crippen LogP contribution in [0.15, 0.2) is 0 Å². The molecule has 2 aliphatic heterocycles. The molecule has 18 heavy (non-hydrogen) atoms. The van der Waals surface area contributed by atoms with Gasteiger partial charge in [0.2, 0.25) is 0 Å². The molecule has 104 valence electrons. The van der Waals surface area contributed by atoms with Crippen LogP contribution in [-0.2, 0) is 4.74 Å². The summed E-state index contributed by atoms with van der Waals surface area (Å²) in [6.07, 6.45) is 9.21. The quantitative estimate of drug-likeness (QED) is 0.831. The molecule has 1 aliphatic carbocycles. The van der Waals surface area contributed by atoms with E-state index in [2.05, 4.69) is 17.3 Å². The number of likely N-dealkylation sites (tertiary alicyclic amines) is 1. The van der Waals surface area contributed by atoms with Gasteiger partial charge in [-0.15, -0.1) is 0 Å². The predicted octanol–water partition coefficient (Wildman–Crippen LogP) is 2.02. The van der Waals surface area contributed by atoms with Crippen molar-refractivity contribution in [3.8, 4) is 0 Å². The maximum atomic E-state index is 5.99. The Morgan fingerprint density at radius 1 is 1.22 bits per heavy atom. The zero-order valence-electron chi connectivity index (χ0n) is 11.8. The first-order chi connectivity index (χ1) is 8.76. The second-order valence-electron chi connectivity index (χ2n) is 6.73. The van der Waals surface area contributed by atoms with Crippen molar-refractivity contribution in [2.24, 2.45) is 5.92 Å². The predicted molar refractivity (Wildman–Crippen MR) is 73.8 cm³/mol. The molecule has 2 heterocycles. The molecule has 1 atom stereocenters. The van der Waals surface area contributed by atoms with Gasteiger partial charge in [0.15, 0.2) is 0 Å². The van der Waals surface area contributed by atoms with Crippen molar-refractivity contribution in [2.75, 3.05) is 33.3 Å². The number of ether oxygens (including phenoxy) is 1. The summed E-state index contributed by atoms with van der Waals surface area (Å²) in [6, 6.07) is 0.721. The van der Waals surface area contributed by atoms with Crippen molar-refractivity contribution in [3.63, 3.8) is 0 Å². The van der Waals surface area contributed by atoms with Crippen molar-refractivity contribution in [1.29, 1.82) is 0 Å². The van der Waals surface area contributed by atoms with Crippen LogP contribution in [-0.4, -0.2) is 49.8 Å². The maximum Gasteiger partial charge on any atom is 0.0697 e. The van der Waals surface area contributed by atoms with Gasteiger partial charge in [-0.1, -0.05) is 0 Å². The number of piperidine rings is 1. The second-order valence-corrected chi connectivity index (χ2v) is 6.73. The van der Waals surface area contributed by atoms with E-state index in [4.69, 9.17) is 4.74 Å². The van der Waals surface area contributed by atoms with E-state index in [-0.39, 0.29) is 0 Å². The van der Waals surface area contributed by atoms with Crippen molar-refractivity contribution in [2.45, 2.75) is 56.6 Å². The van der Waals surface area contributed by atoms with Crippen LogP contribution in [0.3, 0.4) is 0 Å². The maximum absolute atomic E-state index is 5.99. The largest absolute Gasteiger partial charge is 0.375 e. The molecule has 3 rings (SSSR count). The van der Waals surface area contributed by atoms with Crippen molar-refractivity contribution in [1.82, 2.24) is 10.2 Å². The first-order valence-electron chi connectivity index (χ1n) is 7.82. The summed E-state index contributed by atoms with van der Waals surface area (Å²) in [5.74, 6) is 0.904. The van der Waals surface area contributed by atoms with Crippen LogP contribution in [0.1, 0.15) is 44.9 Å². The van der Waals surface area contributed by atoms with Gasteiger partial charge in [-0.3, -0.25) is 0 Å². The topological polar surface area (TPSA) is 24.5 Å². The van der Waals surface area contributed by atoms with E-state index in [1.165, 1.54) is 64.6 Å². The number of nitrogens with one attached hydrogen (secondary N) is 1. The molecular weight excluding hydrogens is 224 g/mol. The fourth-order valence-electron chi connectivity index (χ4n) is 3.72. The average molecular weight is 252 g/mol. The highest BCUT2D eigenvalue weighted by Gasteiger charge is 2.42. The molecule has 1 saturated carbocycles. The molecule has 0 amide bonds. The SMILES string of the molecule is CN1CCC(CNC2CCOC3(CCC3)C2)CC1. The van der Waals surface area contributed by atoms with Crippen molar-refractivity contribution < 1.29 is 4.74 Å². The Labute approximate surface area is 111 Å². The normalized spacial score (nSPS) is 33.5. The Hall–Kier alpha value is -0.120. The van der Waals surface area contributed by atoms with Crippen molar-refractivity contribution in [3.05, 3.63) is 0 Å². The fourth-order valence-corrected chi connectivity index (χ4v) is 3.72. The smallest absolute Gasteiger partial charge is 0.0697 e. The minimum Gasteiger partial charge on any atom is -0.375 e. The standard InChI is InChI=1S/C15H28N2O/c1-17-8-3-13(4-9-17)12-16-14-5-10-18-15(11-14)6-2-7-15/h13-14,16H,2-12H2,1H3. The van der Waals surface area contributed by atoms with Crippen LogP contribution in [0.25, 0.3) is 0 Å². The highest BCUT2D eigenvalue weighted by molar-refractivity contribution is 4.96. The minimum atomic E-state index is 0.294. The van der Waals surface area contributed by atoms with Crippen LogP contribution >= 0.6 is 0 Å². The summed E-state index contributed by atoms with van der Waals surface area (Å²) in [5, 5.41) is 3.83. The van der Waals surface area contributed by atoms with Crippen molar-refractivity contribution >= 4 is 0 Å². The first-order valence-corrected chi connectivity index (χ1v) is 7.82. The van der Waals surface area contributed by atoms with Crippen LogP contribution in [0.4, 0.5) is 0 Å². The zero-order valence-corrected chi connectivity index (χ0v) is 11.8. The molecule has 0 bridgehead atoms. The van der Waals surface area contributed by atoms with E-state index in [0.29, 0.717) is 5.60 Å². The molecule has 0 aromatic rings. The molecule has 3 nitrogen and oxygen atoms in total. The molecule has 1 spiro atoms. The molecule has 3 fully saturated rings. The zero-order chi connectivity index (χ0) is 12.4.